The largest absolute Gasteiger partial charge is 0.389 e. The first-order valence-corrected chi connectivity index (χ1v) is 5.55. The molecule has 2 nitrogen and oxygen atoms in total. The van der Waals surface area contributed by atoms with Crippen LogP contribution in [0.1, 0.15) is 38.5 Å². The predicted molar refractivity (Wildman–Crippen MR) is 55.2 cm³/mol. The van der Waals surface area contributed by atoms with Crippen molar-refractivity contribution in [2.24, 2.45) is 0 Å². The van der Waals surface area contributed by atoms with Gasteiger partial charge in [-0.2, -0.15) is 13.2 Å². The number of alkyl halides is 3. The summed E-state index contributed by atoms with van der Waals surface area (Å²) in [5.74, 6) is -0.257. The summed E-state index contributed by atoms with van der Waals surface area (Å²) in [5, 5.41) is 0. The van der Waals surface area contributed by atoms with E-state index in [0.717, 1.165) is 12.8 Å². The van der Waals surface area contributed by atoms with Crippen molar-refractivity contribution in [2.45, 2.75) is 50.2 Å². The van der Waals surface area contributed by atoms with Crippen molar-refractivity contribution >= 4 is 5.78 Å². The van der Waals surface area contributed by atoms with E-state index in [4.69, 9.17) is 0 Å². The van der Waals surface area contributed by atoms with Crippen LogP contribution in [-0.2, 0) is 4.79 Å². The van der Waals surface area contributed by atoms with Crippen LogP contribution in [0.5, 0.6) is 0 Å². The highest BCUT2D eigenvalue weighted by atomic mass is 19.4. The highest BCUT2D eigenvalue weighted by Crippen LogP contribution is 2.36. The third-order valence-corrected chi connectivity index (χ3v) is 3.44. The van der Waals surface area contributed by atoms with E-state index >= 15 is 0 Å². The SMILES string of the molecule is CN(C)C1(C(=O)CCC(F)(F)F)CCCC1. The maximum absolute atomic E-state index is 12.1. The number of hydrogen-bond acceptors (Lipinski definition) is 2. The van der Waals surface area contributed by atoms with Crippen molar-refractivity contribution in [1.82, 2.24) is 4.90 Å². The van der Waals surface area contributed by atoms with E-state index in [9.17, 15) is 18.0 Å². The maximum Gasteiger partial charge on any atom is 0.389 e. The minimum atomic E-state index is -4.23. The molecule has 0 heterocycles. The van der Waals surface area contributed by atoms with Crippen LogP contribution in [0.25, 0.3) is 0 Å². The molecule has 0 atom stereocenters. The van der Waals surface area contributed by atoms with Gasteiger partial charge in [-0.1, -0.05) is 12.8 Å². The number of hydrogen-bond donors (Lipinski definition) is 0. The zero-order valence-electron chi connectivity index (χ0n) is 9.73. The molecule has 0 aromatic rings. The van der Waals surface area contributed by atoms with Gasteiger partial charge in [0.2, 0.25) is 0 Å². The van der Waals surface area contributed by atoms with Crippen LogP contribution in [-0.4, -0.2) is 36.5 Å². The Bertz CT molecular complexity index is 254. The number of rotatable bonds is 4. The number of nitrogens with zero attached hydrogens (tertiary/aromatic N) is 1. The molecule has 1 aliphatic carbocycles. The number of ketones is 1. The molecule has 0 spiro atoms. The van der Waals surface area contributed by atoms with Crippen molar-refractivity contribution in [3.05, 3.63) is 0 Å². The molecule has 1 fully saturated rings. The fraction of sp³-hybridized carbons (Fsp3) is 0.909. The summed E-state index contributed by atoms with van der Waals surface area (Å²) >= 11 is 0. The second kappa shape index (κ2) is 4.73. The Labute approximate surface area is 93.8 Å². The molecule has 16 heavy (non-hydrogen) atoms. The third kappa shape index (κ3) is 2.97. The number of likely N-dealkylation sites (N-methyl/N-ethyl adjacent to an activating group) is 1. The van der Waals surface area contributed by atoms with Crippen molar-refractivity contribution in [2.75, 3.05) is 14.1 Å². The van der Waals surface area contributed by atoms with Crippen molar-refractivity contribution in [3.8, 4) is 0 Å². The second-order valence-corrected chi connectivity index (χ2v) is 4.67. The summed E-state index contributed by atoms with van der Waals surface area (Å²) in [6.45, 7) is 0. The van der Waals surface area contributed by atoms with Gasteiger partial charge in [0.05, 0.1) is 12.0 Å². The van der Waals surface area contributed by atoms with Crippen LogP contribution in [0.3, 0.4) is 0 Å². The van der Waals surface area contributed by atoms with Crippen LogP contribution in [0, 0.1) is 0 Å². The smallest absolute Gasteiger partial charge is 0.298 e. The molecule has 0 radical (unpaired) electrons. The topological polar surface area (TPSA) is 20.3 Å². The Kier molecular flexibility index (Phi) is 3.99. The van der Waals surface area contributed by atoms with Crippen LogP contribution >= 0.6 is 0 Å². The molecule has 94 valence electrons. The van der Waals surface area contributed by atoms with Crippen molar-refractivity contribution in [3.63, 3.8) is 0 Å². The lowest BCUT2D eigenvalue weighted by molar-refractivity contribution is -0.148. The minimum Gasteiger partial charge on any atom is -0.298 e. The summed E-state index contributed by atoms with van der Waals surface area (Å²) in [6.07, 6.45) is -2.38. The molecule has 1 rings (SSSR count). The molecule has 0 N–H and O–H groups in total. The van der Waals surface area contributed by atoms with Crippen molar-refractivity contribution < 1.29 is 18.0 Å². The molecular weight excluding hydrogens is 219 g/mol. The lowest BCUT2D eigenvalue weighted by Gasteiger charge is -2.34. The van der Waals surface area contributed by atoms with E-state index in [2.05, 4.69) is 0 Å². The van der Waals surface area contributed by atoms with Gasteiger partial charge in [-0.05, 0) is 26.9 Å². The maximum atomic E-state index is 12.1. The standard InChI is InChI=1S/C11H18F3NO/c1-15(2)10(6-3-4-7-10)9(16)5-8-11(12,13)14/h3-8H2,1-2H3. The first-order valence-electron chi connectivity index (χ1n) is 5.55. The fourth-order valence-corrected chi connectivity index (χ4v) is 2.42. The van der Waals surface area contributed by atoms with Gasteiger partial charge in [-0.15, -0.1) is 0 Å². The Hall–Kier alpha value is -0.580. The zero-order chi connectivity index (χ0) is 12.4. The zero-order valence-corrected chi connectivity index (χ0v) is 9.73. The van der Waals surface area contributed by atoms with Gasteiger partial charge < -0.3 is 0 Å². The van der Waals surface area contributed by atoms with Crippen LogP contribution in [0.15, 0.2) is 0 Å². The van der Waals surface area contributed by atoms with E-state index in [1.165, 1.54) is 0 Å². The van der Waals surface area contributed by atoms with Gasteiger partial charge in [-0.25, -0.2) is 0 Å². The Morgan fingerprint density at radius 1 is 1.25 bits per heavy atom. The predicted octanol–water partition coefficient (Wildman–Crippen LogP) is 2.77. The van der Waals surface area contributed by atoms with Crippen LogP contribution in [0.2, 0.25) is 0 Å². The molecule has 0 aromatic carbocycles. The molecule has 0 aliphatic heterocycles. The van der Waals surface area contributed by atoms with Crippen LogP contribution in [0.4, 0.5) is 13.2 Å². The third-order valence-electron chi connectivity index (χ3n) is 3.44. The summed E-state index contributed by atoms with van der Waals surface area (Å²) in [6, 6.07) is 0. The van der Waals surface area contributed by atoms with Gasteiger partial charge >= 0.3 is 6.18 Å². The van der Waals surface area contributed by atoms with Gasteiger partial charge in [0, 0.05) is 6.42 Å². The van der Waals surface area contributed by atoms with Gasteiger partial charge in [0.1, 0.15) is 0 Å². The summed E-state index contributed by atoms with van der Waals surface area (Å²) in [4.78, 5) is 13.7. The van der Waals surface area contributed by atoms with E-state index < -0.39 is 18.1 Å². The number of carbonyl (C=O) groups is 1. The number of halogens is 3. The lowest BCUT2D eigenvalue weighted by Crippen LogP contribution is -2.49. The van der Waals surface area contributed by atoms with Gasteiger partial charge in [0.25, 0.3) is 0 Å². The molecule has 5 heteroatoms. The second-order valence-electron chi connectivity index (χ2n) is 4.67. The van der Waals surface area contributed by atoms with Gasteiger partial charge in [0.15, 0.2) is 5.78 Å². The average molecular weight is 237 g/mol. The number of carbonyl (C=O) groups excluding carboxylic acids is 1. The Balaban J connectivity index is 2.63. The highest BCUT2D eigenvalue weighted by molar-refractivity contribution is 5.88. The summed E-state index contributed by atoms with van der Waals surface area (Å²) in [7, 11) is 3.55. The molecule has 0 unspecified atom stereocenters. The van der Waals surface area contributed by atoms with E-state index in [1.807, 2.05) is 0 Å². The molecule has 1 saturated carbocycles. The van der Waals surface area contributed by atoms with E-state index in [-0.39, 0.29) is 12.2 Å². The molecule has 0 bridgehead atoms. The molecule has 0 aromatic heterocycles. The minimum absolute atomic E-state index is 0.257. The van der Waals surface area contributed by atoms with Gasteiger partial charge in [-0.3, -0.25) is 9.69 Å². The monoisotopic (exact) mass is 237 g/mol. The summed E-state index contributed by atoms with van der Waals surface area (Å²) < 4.78 is 36.2. The molecule has 0 saturated heterocycles. The number of Topliss-reactive ketones (excluding diaryl/α,β-unsaturated/α-hetero) is 1. The van der Waals surface area contributed by atoms with Crippen LogP contribution < -0.4 is 0 Å². The average Bonchev–Trinajstić information content (AvgIpc) is 2.62. The fourth-order valence-electron chi connectivity index (χ4n) is 2.42. The van der Waals surface area contributed by atoms with E-state index in [1.54, 1.807) is 19.0 Å². The quantitative estimate of drug-likeness (QED) is 0.749. The Morgan fingerprint density at radius 3 is 2.12 bits per heavy atom. The Morgan fingerprint density at radius 2 is 1.75 bits per heavy atom. The molecule has 0 amide bonds. The molecule has 1 aliphatic rings. The normalized spacial score (nSPS) is 20.4. The lowest BCUT2D eigenvalue weighted by atomic mass is 9.88. The molecular formula is C11H18F3NO. The highest BCUT2D eigenvalue weighted by Gasteiger charge is 2.43. The van der Waals surface area contributed by atoms with E-state index in [0.29, 0.717) is 12.8 Å². The first-order chi connectivity index (χ1) is 7.28. The van der Waals surface area contributed by atoms with Crippen molar-refractivity contribution in [1.29, 1.82) is 0 Å². The first kappa shape index (κ1) is 13.5. The summed E-state index contributed by atoms with van der Waals surface area (Å²) in [5.41, 5.74) is -0.634.